The van der Waals surface area contributed by atoms with Crippen LogP contribution in [0, 0.1) is 0 Å². The van der Waals surface area contributed by atoms with Gasteiger partial charge in [-0.05, 0) is 24.3 Å². The minimum absolute atomic E-state index is 0.0289. The minimum Gasteiger partial charge on any atom is -0.454 e. The van der Waals surface area contributed by atoms with Crippen molar-refractivity contribution in [1.82, 2.24) is 4.90 Å². The maximum atomic E-state index is 12.9. The van der Waals surface area contributed by atoms with E-state index in [4.69, 9.17) is 9.47 Å². The van der Waals surface area contributed by atoms with Crippen molar-refractivity contribution in [2.24, 2.45) is 0 Å². The Balaban J connectivity index is 1.81. The quantitative estimate of drug-likeness (QED) is 0.811. The van der Waals surface area contributed by atoms with Crippen LogP contribution in [0.5, 0.6) is 11.5 Å². The SMILES string of the molecule is C=CCN1C(=O)c2ccccc2NC1c1cc2c(cc1Br)OCO2. The van der Waals surface area contributed by atoms with Crippen molar-refractivity contribution >= 4 is 27.5 Å². The smallest absolute Gasteiger partial charge is 0.258 e. The summed E-state index contributed by atoms with van der Waals surface area (Å²) >= 11 is 3.58. The number of nitrogens with one attached hydrogen (secondary N) is 1. The Kier molecular flexibility index (Phi) is 3.69. The summed E-state index contributed by atoms with van der Waals surface area (Å²) in [6.45, 7) is 4.42. The van der Waals surface area contributed by atoms with Crippen molar-refractivity contribution < 1.29 is 14.3 Å². The maximum Gasteiger partial charge on any atom is 0.258 e. The Morgan fingerprint density at radius 2 is 2.04 bits per heavy atom. The highest BCUT2D eigenvalue weighted by Crippen LogP contribution is 2.42. The van der Waals surface area contributed by atoms with Crippen LogP contribution in [0.2, 0.25) is 0 Å². The first-order valence-corrected chi connectivity index (χ1v) is 8.35. The number of hydrogen-bond donors (Lipinski definition) is 1. The van der Waals surface area contributed by atoms with E-state index < -0.39 is 0 Å². The first-order chi connectivity index (χ1) is 11.7. The van der Waals surface area contributed by atoms with Gasteiger partial charge in [-0.15, -0.1) is 6.58 Å². The summed E-state index contributed by atoms with van der Waals surface area (Å²) in [6, 6.07) is 11.3. The summed E-state index contributed by atoms with van der Waals surface area (Å²) in [6.07, 6.45) is 1.40. The lowest BCUT2D eigenvalue weighted by molar-refractivity contribution is 0.0707. The second-order valence-corrected chi connectivity index (χ2v) is 6.42. The molecular formula is C18H15BrN2O3. The zero-order chi connectivity index (χ0) is 16.7. The molecule has 0 spiro atoms. The monoisotopic (exact) mass is 386 g/mol. The standard InChI is InChI=1S/C18H15BrN2O3/c1-2-7-21-17(20-14-6-4-3-5-11(14)18(21)22)12-8-15-16(9-13(12)19)24-10-23-15/h2-6,8-9,17,20H,1,7,10H2. The Labute approximate surface area is 148 Å². The topological polar surface area (TPSA) is 50.8 Å². The average Bonchev–Trinajstić information content (AvgIpc) is 3.04. The van der Waals surface area contributed by atoms with Gasteiger partial charge >= 0.3 is 0 Å². The van der Waals surface area contributed by atoms with Gasteiger partial charge in [0.25, 0.3) is 5.91 Å². The third-order valence-corrected chi connectivity index (χ3v) is 4.82. The van der Waals surface area contributed by atoms with E-state index in [1.807, 2.05) is 36.4 Å². The molecule has 1 N–H and O–H groups in total. The first kappa shape index (κ1) is 15.1. The number of fused-ring (bicyclic) bond motifs is 2. The largest absolute Gasteiger partial charge is 0.454 e. The predicted octanol–water partition coefficient (Wildman–Crippen LogP) is 3.93. The molecule has 6 heteroatoms. The number of amides is 1. The second kappa shape index (κ2) is 5.87. The summed E-state index contributed by atoms with van der Waals surface area (Å²) in [7, 11) is 0. The fourth-order valence-corrected chi connectivity index (χ4v) is 3.55. The van der Waals surface area contributed by atoms with Crippen LogP contribution < -0.4 is 14.8 Å². The van der Waals surface area contributed by atoms with E-state index in [1.54, 1.807) is 11.0 Å². The third kappa shape index (κ3) is 2.34. The molecule has 0 fully saturated rings. The van der Waals surface area contributed by atoms with E-state index in [-0.39, 0.29) is 18.9 Å². The van der Waals surface area contributed by atoms with Gasteiger partial charge in [0.1, 0.15) is 6.17 Å². The van der Waals surface area contributed by atoms with E-state index in [1.165, 1.54) is 0 Å². The van der Waals surface area contributed by atoms with E-state index in [2.05, 4.69) is 27.8 Å². The van der Waals surface area contributed by atoms with Gasteiger partial charge in [0.05, 0.1) is 5.56 Å². The highest BCUT2D eigenvalue weighted by atomic mass is 79.9. The van der Waals surface area contributed by atoms with Crippen LogP contribution in [-0.2, 0) is 0 Å². The van der Waals surface area contributed by atoms with Gasteiger partial charge in [0.15, 0.2) is 11.5 Å². The molecule has 1 atom stereocenters. The molecule has 2 heterocycles. The highest BCUT2D eigenvalue weighted by molar-refractivity contribution is 9.10. The molecule has 1 unspecified atom stereocenters. The van der Waals surface area contributed by atoms with Crippen LogP contribution in [0.25, 0.3) is 0 Å². The van der Waals surface area contributed by atoms with Crippen LogP contribution in [0.4, 0.5) is 5.69 Å². The molecule has 0 aliphatic carbocycles. The van der Waals surface area contributed by atoms with Gasteiger partial charge in [0.2, 0.25) is 6.79 Å². The van der Waals surface area contributed by atoms with Crippen LogP contribution in [0.3, 0.4) is 0 Å². The van der Waals surface area contributed by atoms with Gasteiger partial charge in [-0.1, -0.05) is 34.1 Å². The molecule has 0 radical (unpaired) electrons. The fraction of sp³-hybridized carbons (Fsp3) is 0.167. The molecule has 2 aromatic carbocycles. The molecule has 1 amide bonds. The molecule has 0 saturated heterocycles. The summed E-state index contributed by atoms with van der Waals surface area (Å²) in [5, 5.41) is 3.44. The van der Waals surface area contributed by atoms with Gasteiger partial charge < -0.3 is 19.7 Å². The Hall–Kier alpha value is -2.47. The number of ether oxygens (including phenoxy) is 2. The van der Waals surface area contributed by atoms with Gasteiger partial charge in [-0.3, -0.25) is 4.79 Å². The minimum atomic E-state index is -0.325. The third-order valence-electron chi connectivity index (χ3n) is 4.13. The summed E-state index contributed by atoms with van der Waals surface area (Å²) in [4.78, 5) is 14.7. The van der Waals surface area contributed by atoms with Crippen molar-refractivity contribution in [3.05, 3.63) is 64.7 Å². The number of nitrogens with zero attached hydrogens (tertiary/aromatic N) is 1. The predicted molar refractivity (Wildman–Crippen MR) is 94.3 cm³/mol. The summed E-state index contributed by atoms with van der Waals surface area (Å²) < 4.78 is 11.7. The van der Waals surface area contributed by atoms with E-state index in [0.717, 1.165) is 15.7 Å². The van der Waals surface area contributed by atoms with Gasteiger partial charge in [0, 0.05) is 22.3 Å². The number of hydrogen-bond acceptors (Lipinski definition) is 4. The molecular weight excluding hydrogens is 372 g/mol. The molecule has 2 aliphatic rings. The Morgan fingerprint density at radius 3 is 2.83 bits per heavy atom. The van der Waals surface area contributed by atoms with Crippen LogP contribution in [0.1, 0.15) is 22.1 Å². The van der Waals surface area contributed by atoms with Crippen LogP contribution >= 0.6 is 15.9 Å². The Bertz CT molecular complexity index is 837. The zero-order valence-electron chi connectivity index (χ0n) is 12.8. The lowest BCUT2D eigenvalue weighted by atomic mass is 10.0. The highest BCUT2D eigenvalue weighted by Gasteiger charge is 2.34. The lowest BCUT2D eigenvalue weighted by Gasteiger charge is -2.38. The molecule has 0 aromatic heterocycles. The fourth-order valence-electron chi connectivity index (χ4n) is 3.01. The maximum absolute atomic E-state index is 12.9. The number of carbonyl (C=O) groups is 1. The number of rotatable bonds is 3. The average molecular weight is 387 g/mol. The molecule has 5 nitrogen and oxygen atoms in total. The number of anilines is 1. The zero-order valence-corrected chi connectivity index (χ0v) is 14.4. The summed E-state index contributed by atoms with van der Waals surface area (Å²) in [5.74, 6) is 1.35. The lowest BCUT2D eigenvalue weighted by Crippen LogP contribution is -2.43. The normalized spacial score (nSPS) is 18.1. The van der Waals surface area contributed by atoms with Crippen molar-refractivity contribution in [2.45, 2.75) is 6.17 Å². The van der Waals surface area contributed by atoms with Gasteiger partial charge in [-0.2, -0.15) is 0 Å². The van der Waals surface area contributed by atoms with Crippen LogP contribution in [0.15, 0.2) is 53.5 Å². The molecule has 4 rings (SSSR count). The first-order valence-electron chi connectivity index (χ1n) is 7.55. The van der Waals surface area contributed by atoms with Gasteiger partial charge in [-0.25, -0.2) is 0 Å². The number of carbonyl (C=O) groups excluding carboxylic acids is 1. The van der Waals surface area contributed by atoms with Crippen molar-refractivity contribution in [1.29, 1.82) is 0 Å². The molecule has 122 valence electrons. The number of benzene rings is 2. The Morgan fingerprint density at radius 1 is 1.29 bits per heavy atom. The summed E-state index contributed by atoms with van der Waals surface area (Å²) in [5.41, 5.74) is 2.38. The van der Waals surface area contributed by atoms with E-state index in [9.17, 15) is 4.79 Å². The number of para-hydroxylation sites is 1. The van der Waals surface area contributed by atoms with E-state index >= 15 is 0 Å². The second-order valence-electron chi connectivity index (χ2n) is 5.57. The molecule has 2 aromatic rings. The van der Waals surface area contributed by atoms with Crippen molar-refractivity contribution in [3.63, 3.8) is 0 Å². The van der Waals surface area contributed by atoms with Crippen molar-refractivity contribution in [2.75, 3.05) is 18.7 Å². The van der Waals surface area contributed by atoms with Crippen LogP contribution in [-0.4, -0.2) is 24.1 Å². The molecule has 24 heavy (non-hydrogen) atoms. The number of halogens is 1. The molecule has 0 saturated carbocycles. The van der Waals surface area contributed by atoms with Crippen molar-refractivity contribution in [3.8, 4) is 11.5 Å². The molecule has 0 bridgehead atoms. The van der Waals surface area contributed by atoms with E-state index in [0.29, 0.717) is 23.6 Å². The molecule has 2 aliphatic heterocycles.